The summed E-state index contributed by atoms with van der Waals surface area (Å²) in [7, 11) is 1.86. The molecule has 2 aromatic rings. The Kier molecular flexibility index (Phi) is 6.90. The van der Waals surface area contributed by atoms with Gasteiger partial charge in [0.1, 0.15) is 5.82 Å². The fourth-order valence-corrected chi connectivity index (χ4v) is 7.58. The second kappa shape index (κ2) is 10.2. The first-order valence-corrected chi connectivity index (χ1v) is 14.7. The first-order valence-electron chi connectivity index (χ1n) is 14.7. The van der Waals surface area contributed by atoms with Gasteiger partial charge < -0.3 is 25.7 Å². The molecule has 7 rings (SSSR count). The van der Waals surface area contributed by atoms with Gasteiger partial charge in [0.15, 0.2) is 0 Å². The van der Waals surface area contributed by atoms with Crippen molar-refractivity contribution in [3.05, 3.63) is 34.3 Å². The highest BCUT2D eigenvalue weighted by Gasteiger charge is 2.50. The summed E-state index contributed by atoms with van der Waals surface area (Å²) in [5, 5.41) is 19.8. The van der Waals surface area contributed by atoms with Gasteiger partial charge >= 0.3 is 0 Å². The van der Waals surface area contributed by atoms with E-state index in [1.807, 2.05) is 14.0 Å². The molecule has 0 radical (unpaired) electrons. The Hall–Kier alpha value is -2.94. The van der Waals surface area contributed by atoms with Crippen LogP contribution in [0.1, 0.15) is 79.6 Å². The molecule has 1 amide bonds. The van der Waals surface area contributed by atoms with Crippen LogP contribution in [-0.4, -0.2) is 59.2 Å². The summed E-state index contributed by atoms with van der Waals surface area (Å²) in [6, 6.07) is 2.10. The second-order valence-electron chi connectivity index (χ2n) is 12.5. The summed E-state index contributed by atoms with van der Waals surface area (Å²) in [6.07, 6.45) is 11.0. The number of fused-ring (bicyclic) bond motifs is 4. The molecule has 1 atom stereocenters. The molecule has 0 spiro atoms. The van der Waals surface area contributed by atoms with E-state index in [2.05, 4.69) is 38.2 Å². The van der Waals surface area contributed by atoms with Crippen LogP contribution >= 0.6 is 0 Å². The summed E-state index contributed by atoms with van der Waals surface area (Å²) in [6.45, 7) is 8.20. The van der Waals surface area contributed by atoms with Crippen molar-refractivity contribution >= 4 is 23.6 Å². The maximum Gasteiger partial charge on any atom is 0.225 e. The smallest absolute Gasteiger partial charge is 0.225 e. The first kappa shape index (κ1) is 26.3. The van der Waals surface area contributed by atoms with E-state index in [-0.39, 0.29) is 22.8 Å². The van der Waals surface area contributed by atoms with Crippen LogP contribution < -0.4 is 15.5 Å². The number of nitrogens with zero attached hydrogens (tertiary/aromatic N) is 4. The van der Waals surface area contributed by atoms with Crippen molar-refractivity contribution in [2.24, 2.45) is 11.3 Å². The molecule has 4 fully saturated rings. The highest BCUT2D eigenvalue weighted by molar-refractivity contribution is 5.92. The van der Waals surface area contributed by atoms with Crippen LogP contribution in [-0.2, 0) is 29.0 Å². The van der Waals surface area contributed by atoms with E-state index in [4.69, 9.17) is 15.2 Å². The topological polar surface area (TPSA) is 108 Å². The van der Waals surface area contributed by atoms with E-state index in [0.29, 0.717) is 6.61 Å². The zero-order valence-corrected chi connectivity index (χ0v) is 23.7. The van der Waals surface area contributed by atoms with E-state index in [0.717, 1.165) is 112 Å². The average Bonchev–Trinajstić information content (AvgIpc) is 3.27. The van der Waals surface area contributed by atoms with Gasteiger partial charge in [0, 0.05) is 68.4 Å². The number of amides is 1. The van der Waals surface area contributed by atoms with Crippen LogP contribution in [0.15, 0.2) is 6.07 Å². The lowest BCUT2D eigenvalue weighted by Crippen LogP contribution is -2.58. The minimum atomic E-state index is -0.0162. The number of anilines is 2. The first-order chi connectivity index (χ1) is 18.8. The summed E-state index contributed by atoms with van der Waals surface area (Å²) in [5.74, 6) is 0.991. The van der Waals surface area contributed by atoms with Gasteiger partial charge in [-0.15, -0.1) is 0 Å². The Morgan fingerprint density at radius 3 is 2.67 bits per heavy atom. The molecule has 1 saturated heterocycles. The van der Waals surface area contributed by atoms with Crippen molar-refractivity contribution in [1.29, 1.82) is 5.41 Å². The van der Waals surface area contributed by atoms with Crippen molar-refractivity contribution in [3.63, 3.8) is 0 Å². The fourth-order valence-electron chi connectivity index (χ4n) is 7.58. The fraction of sp³-hybridized carbons (Fsp3) is 0.667. The molecule has 2 aromatic heterocycles. The Labute approximate surface area is 231 Å². The molecule has 2 bridgehead atoms. The Morgan fingerprint density at radius 1 is 1.23 bits per heavy atom. The predicted octanol–water partition coefficient (Wildman–Crippen LogP) is 4.13. The number of carbonyl (C=O) groups is 1. The minimum absolute atomic E-state index is 0.0162. The Balaban J connectivity index is 1.15. The lowest BCUT2D eigenvalue weighted by atomic mass is 9.57. The largest absolute Gasteiger partial charge is 0.381 e. The van der Waals surface area contributed by atoms with Gasteiger partial charge in [-0.05, 0) is 76.7 Å². The van der Waals surface area contributed by atoms with Gasteiger partial charge in [-0.3, -0.25) is 9.48 Å². The van der Waals surface area contributed by atoms with Crippen molar-refractivity contribution in [2.75, 3.05) is 37.0 Å². The zero-order valence-electron chi connectivity index (χ0n) is 23.7. The van der Waals surface area contributed by atoms with Crippen molar-refractivity contribution in [1.82, 2.24) is 20.1 Å². The van der Waals surface area contributed by atoms with Gasteiger partial charge in [0.05, 0.1) is 29.5 Å². The van der Waals surface area contributed by atoms with E-state index in [1.54, 1.807) is 0 Å². The van der Waals surface area contributed by atoms with Crippen LogP contribution in [0.2, 0.25) is 0 Å². The molecule has 3 saturated carbocycles. The Bertz CT molecular complexity index is 1240. The molecule has 210 valence electrons. The van der Waals surface area contributed by atoms with Gasteiger partial charge in [0.25, 0.3) is 0 Å². The lowest BCUT2D eigenvalue weighted by molar-refractivity contribution is -0.133. The number of hydrogen-bond acceptors (Lipinski definition) is 7. The number of hydrogen-bond donors (Lipinski definition) is 3. The van der Waals surface area contributed by atoms with Gasteiger partial charge in [0.2, 0.25) is 5.91 Å². The predicted molar refractivity (Wildman–Crippen MR) is 153 cm³/mol. The van der Waals surface area contributed by atoms with Crippen LogP contribution in [0.5, 0.6) is 0 Å². The minimum Gasteiger partial charge on any atom is -0.381 e. The molecular formula is C30H43N7O2. The van der Waals surface area contributed by atoms with Crippen molar-refractivity contribution in [2.45, 2.75) is 90.3 Å². The maximum atomic E-state index is 13.0. The molecule has 9 nitrogen and oxygen atoms in total. The molecule has 0 unspecified atom stereocenters. The highest BCUT2D eigenvalue weighted by atomic mass is 16.5. The molecule has 39 heavy (non-hydrogen) atoms. The van der Waals surface area contributed by atoms with Crippen LogP contribution in [0.3, 0.4) is 0 Å². The normalized spacial score (nSPS) is 28.2. The van der Waals surface area contributed by atoms with E-state index in [9.17, 15) is 4.79 Å². The monoisotopic (exact) mass is 533 g/mol. The molecule has 2 aliphatic heterocycles. The van der Waals surface area contributed by atoms with E-state index in [1.165, 1.54) is 17.5 Å². The summed E-state index contributed by atoms with van der Waals surface area (Å²) < 4.78 is 7.89. The SMILES string of the molecule is CNc1nc(C)cc(N2CCc3c(c(C)nn3CC34CCC(NC(=O)[C@H]5CCCOC5)(CC3)CC4)C2)c1C=N. The molecule has 4 heterocycles. The van der Waals surface area contributed by atoms with Gasteiger partial charge in [-0.2, -0.15) is 5.10 Å². The molecule has 3 aliphatic carbocycles. The van der Waals surface area contributed by atoms with Crippen molar-refractivity contribution in [3.8, 4) is 0 Å². The second-order valence-corrected chi connectivity index (χ2v) is 12.5. The number of rotatable bonds is 7. The third-order valence-electron chi connectivity index (χ3n) is 10.0. The number of carbonyl (C=O) groups excluding carboxylic acids is 1. The summed E-state index contributed by atoms with van der Waals surface area (Å²) in [4.78, 5) is 19.9. The number of ether oxygens (including phenoxy) is 1. The molecule has 3 N–H and O–H groups in total. The van der Waals surface area contributed by atoms with E-state index < -0.39 is 0 Å². The van der Waals surface area contributed by atoms with Crippen LogP contribution in [0, 0.1) is 30.6 Å². The summed E-state index contributed by atoms with van der Waals surface area (Å²) >= 11 is 0. The molecular weight excluding hydrogens is 490 g/mol. The van der Waals surface area contributed by atoms with Gasteiger partial charge in [-0.1, -0.05) is 0 Å². The van der Waals surface area contributed by atoms with Gasteiger partial charge in [-0.25, -0.2) is 4.98 Å². The average molecular weight is 534 g/mol. The maximum absolute atomic E-state index is 13.0. The third-order valence-corrected chi connectivity index (χ3v) is 10.0. The van der Waals surface area contributed by atoms with Crippen LogP contribution in [0.4, 0.5) is 11.5 Å². The van der Waals surface area contributed by atoms with E-state index >= 15 is 0 Å². The summed E-state index contributed by atoms with van der Waals surface area (Å²) in [5.41, 5.74) is 6.94. The molecule has 5 aliphatic rings. The molecule has 9 heteroatoms. The molecule has 0 aromatic carbocycles. The van der Waals surface area contributed by atoms with Crippen LogP contribution in [0.25, 0.3) is 0 Å². The lowest BCUT2D eigenvalue weighted by Gasteiger charge is -2.54. The highest BCUT2D eigenvalue weighted by Crippen LogP contribution is 2.53. The Morgan fingerprint density at radius 2 is 2.00 bits per heavy atom. The standard InChI is InChI=1S/C30H43N7O2/c1-20-15-26(23(16-31)27(32-3)33-20)36-13-6-25-24(17-36)21(2)35-37(25)19-29-7-10-30(11-8-29,12-9-29)34-28(38)22-5-4-14-39-18-22/h15-16,22,31H,4-14,17-19H2,1-3H3,(H,32,33)(H,34,38)/t22-,29?,30?/m0/s1. The number of nitrogens with one attached hydrogen (secondary N) is 3. The quantitative estimate of drug-likeness (QED) is 0.462. The number of aromatic nitrogens is 3. The van der Waals surface area contributed by atoms with Crippen molar-refractivity contribution < 1.29 is 9.53 Å². The third kappa shape index (κ3) is 4.83. The number of pyridine rings is 1. The zero-order chi connectivity index (χ0) is 27.2. The number of aryl methyl sites for hydroxylation is 2.